The van der Waals surface area contributed by atoms with Gasteiger partial charge in [0, 0.05) is 44.6 Å². The van der Waals surface area contributed by atoms with E-state index in [1.54, 1.807) is 11.3 Å². The number of fused-ring (bicyclic) bond motifs is 2. The number of hydrogen-bond donors (Lipinski definition) is 0. The van der Waals surface area contributed by atoms with Crippen molar-refractivity contribution in [2.45, 2.75) is 311 Å². The smallest absolute Gasteiger partial charge is 0.187 e. The number of halogens is 6. The van der Waals surface area contributed by atoms with E-state index in [2.05, 4.69) is 74.9 Å². The summed E-state index contributed by atoms with van der Waals surface area (Å²) in [5.41, 5.74) is -2.22. The Hall–Kier alpha value is -3.58. The number of thiophene rings is 4. The summed E-state index contributed by atoms with van der Waals surface area (Å²) in [4.78, 5) is 16.1. The molecule has 90 heavy (non-hydrogen) atoms. The third-order valence-electron chi connectivity index (χ3n) is 19.0. The summed E-state index contributed by atoms with van der Waals surface area (Å²) in [7, 11) is 0. The van der Waals surface area contributed by atoms with Gasteiger partial charge < -0.3 is 0 Å². The second-order valence-corrected chi connectivity index (χ2v) is 31.1. The Kier molecular flexibility index (Phi) is 33.3. The van der Waals surface area contributed by atoms with Crippen LogP contribution >= 0.6 is 45.3 Å². The molecular weight excluding hydrogens is 1210 g/mol. The number of nitrogens with zero attached hydrogens (tertiary/aromatic N) is 2. The summed E-state index contributed by atoms with van der Waals surface area (Å²) in [5.74, 6) is -7.54. The van der Waals surface area contributed by atoms with Crippen molar-refractivity contribution in [1.29, 1.82) is 0 Å². The Morgan fingerprint density at radius 3 is 1.01 bits per heavy atom. The van der Waals surface area contributed by atoms with E-state index in [9.17, 15) is 4.39 Å². The summed E-state index contributed by atoms with van der Waals surface area (Å²) in [6, 6.07) is 13.1. The summed E-state index contributed by atoms with van der Waals surface area (Å²) in [5, 5.41) is 0. The molecule has 0 bridgehead atoms. The van der Waals surface area contributed by atoms with E-state index < -0.39 is 68.1 Å². The summed E-state index contributed by atoms with van der Waals surface area (Å²) in [6.45, 7) is 12.4. The highest BCUT2D eigenvalue weighted by molar-refractivity contribution is 7.29. The van der Waals surface area contributed by atoms with Crippen LogP contribution in [-0.4, -0.2) is 9.97 Å². The minimum Gasteiger partial charge on any atom is -0.238 e. The first kappa shape index (κ1) is 73.8. The maximum Gasteiger partial charge on any atom is 0.187 e. The van der Waals surface area contributed by atoms with Crippen LogP contribution in [-0.2, 0) is 12.8 Å². The predicted molar refractivity (Wildman–Crippen MR) is 381 cm³/mol. The van der Waals surface area contributed by atoms with Crippen molar-refractivity contribution in [3.63, 3.8) is 0 Å². The second-order valence-electron chi connectivity index (χ2n) is 26.6. The van der Waals surface area contributed by atoms with Crippen molar-refractivity contribution >= 4 is 67.4 Å². The fourth-order valence-electron chi connectivity index (χ4n) is 13.6. The van der Waals surface area contributed by atoms with Crippen molar-refractivity contribution in [1.82, 2.24) is 9.97 Å². The molecule has 0 saturated heterocycles. The molecule has 12 heteroatoms. The molecule has 2 aromatic carbocycles. The molecule has 0 amide bonds. The van der Waals surface area contributed by atoms with Crippen LogP contribution in [0, 0.1) is 60.6 Å². The first-order valence-electron chi connectivity index (χ1n) is 36.1. The first-order chi connectivity index (χ1) is 43.9. The number of unbranched alkanes of at least 4 members (excludes halogenated alkanes) is 32. The van der Waals surface area contributed by atoms with Crippen molar-refractivity contribution in [3.05, 3.63) is 92.9 Å². The number of aryl methyl sites for hydroxylation is 1. The standard InChI is InChI=1S/C78H110F6N2S4/c1-7-11-15-19-23-27-29-33-37-40-44-57(43-39-35-31-25-21-17-13-9-3)52-59-51-55(5)87-77(59)63-49-47-61(88-63)62-48-50-64(89-62)78-60(53-58(45-41-36-32-26-22-18-14-10-4)46-42-38-34-30-28-24-20-16-12-8-2)54-65(90-78)66-69(81)72(84)76-74(70(66)82)86-75-71(83)67(79)56(6)68(80)73(75)85-76/h47-51,54,57-58H,7-46,52-53H2,1-6H3. The molecule has 0 spiro atoms. The average molecular weight is 1320 g/mol. The molecule has 0 radical (unpaired) electrons. The molecule has 0 saturated carbocycles. The molecule has 0 aliphatic heterocycles. The Bertz CT molecular complexity index is 3190. The predicted octanol–water partition coefficient (Wildman–Crippen LogP) is 29.1. The zero-order chi connectivity index (χ0) is 64.0. The molecule has 2 nitrogen and oxygen atoms in total. The minimum atomic E-state index is -1.53. The molecular formula is C78H110F6N2S4. The van der Waals surface area contributed by atoms with Crippen molar-refractivity contribution < 1.29 is 26.3 Å². The monoisotopic (exact) mass is 1320 g/mol. The van der Waals surface area contributed by atoms with Gasteiger partial charge in [-0.1, -0.05) is 285 Å². The number of hydrogen-bond acceptors (Lipinski definition) is 6. The normalized spacial score (nSPS) is 12.7. The van der Waals surface area contributed by atoms with E-state index in [1.807, 2.05) is 28.7 Å². The number of aromatic nitrogens is 2. The van der Waals surface area contributed by atoms with Gasteiger partial charge in [0.05, 0.1) is 5.56 Å². The Morgan fingerprint density at radius 1 is 0.311 bits per heavy atom. The summed E-state index contributed by atoms with van der Waals surface area (Å²) < 4.78 is 96.0. The van der Waals surface area contributed by atoms with Crippen LogP contribution < -0.4 is 0 Å². The average Bonchev–Trinajstić information content (AvgIpc) is 0.772. The molecule has 7 rings (SSSR count). The quantitative estimate of drug-likeness (QED) is 0.0164. The lowest BCUT2D eigenvalue weighted by Crippen LogP contribution is -2.06. The molecule has 7 aromatic rings. The minimum absolute atomic E-state index is 0.173. The highest BCUT2D eigenvalue weighted by atomic mass is 32.1. The fraction of sp³-hybridized carbons (Fsp3) is 0.641. The largest absolute Gasteiger partial charge is 0.238 e. The van der Waals surface area contributed by atoms with E-state index >= 15 is 22.0 Å². The fourth-order valence-corrected chi connectivity index (χ4v) is 18.2. The third kappa shape index (κ3) is 22.3. The third-order valence-corrected chi connectivity index (χ3v) is 24.0. The number of benzene rings is 2. The van der Waals surface area contributed by atoms with Crippen LogP contribution in [0.4, 0.5) is 26.3 Å². The second kappa shape index (κ2) is 40.6. The van der Waals surface area contributed by atoms with Gasteiger partial charge in [0.1, 0.15) is 22.1 Å². The zero-order valence-corrected chi connectivity index (χ0v) is 59.4. The lowest BCUT2D eigenvalue weighted by atomic mass is 9.88. The van der Waals surface area contributed by atoms with Gasteiger partial charge in [0.15, 0.2) is 34.9 Å². The van der Waals surface area contributed by atoms with E-state index in [0.29, 0.717) is 18.3 Å². The van der Waals surface area contributed by atoms with E-state index in [4.69, 9.17) is 0 Å². The topological polar surface area (TPSA) is 25.8 Å². The number of rotatable bonds is 48. The molecule has 498 valence electrons. The summed E-state index contributed by atoms with van der Waals surface area (Å²) in [6.07, 6.45) is 53.1. The van der Waals surface area contributed by atoms with Gasteiger partial charge in [-0.2, -0.15) is 0 Å². The van der Waals surface area contributed by atoms with Crippen molar-refractivity contribution in [2.75, 3.05) is 0 Å². The van der Waals surface area contributed by atoms with Gasteiger partial charge in [0.2, 0.25) is 0 Å². The zero-order valence-electron chi connectivity index (χ0n) is 56.1. The molecule has 2 unspecified atom stereocenters. The Morgan fingerprint density at radius 2 is 0.622 bits per heavy atom. The maximum absolute atomic E-state index is 17.2. The molecule has 0 aliphatic carbocycles. The first-order valence-corrected chi connectivity index (χ1v) is 39.4. The molecule has 0 N–H and O–H groups in total. The van der Waals surface area contributed by atoms with E-state index in [0.717, 1.165) is 59.2 Å². The van der Waals surface area contributed by atoms with Crippen LogP contribution in [0.2, 0.25) is 0 Å². The summed E-state index contributed by atoms with van der Waals surface area (Å²) >= 11 is 6.64. The van der Waals surface area contributed by atoms with Gasteiger partial charge in [-0.15, -0.1) is 45.3 Å². The molecule has 0 aliphatic rings. The molecule has 2 atom stereocenters. The molecule has 0 fully saturated rings. The van der Waals surface area contributed by atoms with Crippen molar-refractivity contribution in [3.8, 4) is 39.7 Å². The lowest BCUT2D eigenvalue weighted by Gasteiger charge is -2.17. The maximum atomic E-state index is 17.2. The lowest BCUT2D eigenvalue weighted by molar-refractivity contribution is 0.400. The van der Waals surface area contributed by atoms with E-state index in [-0.39, 0.29) is 4.88 Å². The molecule has 5 aromatic heterocycles. The van der Waals surface area contributed by atoms with Gasteiger partial charge in [-0.25, -0.2) is 36.3 Å². The van der Waals surface area contributed by atoms with Crippen LogP contribution in [0.25, 0.3) is 61.8 Å². The molecule has 5 heterocycles. The van der Waals surface area contributed by atoms with Crippen LogP contribution in [0.1, 0.15) is 306 Å². The van der Waals surface area contributed by atoms with Gasteiger partial charge >= 0.3 is 0 Å². The van der Waals surface area contributed by atoms with Gasteiger partial charge in [0.25, 0.3) is 0 Å². The van der Waals surface area contributed by atoms with E-state index in [1.165, 1.54) is 268 Å². The van der Waals surface area contributed by atoms with Crippen LogP contribution in [0.5, 0.6) is 0 Å². The van der Waals surface area contributed by atoms with Gasteiger partial charge in [-0.05, 0) is 86.1 Å². The van der Waals surface area contributed by atoms with Crippen molar-refractivity contribution in [2.24, 2.45) is 11.8 Å². The Balaban J connectivity index is 1.16. The SMILES string of the molecule is CCCCCCCCCCCCC(CCCCCCCCCC)Cc1cc(C)sc1-c1ccc(-c2ccc(-c3sc(-c4c(F)c(F)c5nc6c(F)c(C)c(F)c(F)c6nc5c4F)cc3CC(CCCCCCCCCC)CCCCCCCCCCCC)s2)s1. The van der Waals surface area contributed by atoms with Crippen LogP contribution in [0.15, 0.2) is 36.4 Å². The van der Waals surface area contributed by atoms with Crippen LogP contribution in [0.3, 0.4) is 0 Å². The highest BCUT2D eigenvalue weighted by Gasteiger charge is 2.30. The highest BCUT2D eigenvalue weighted by Crippen LogP contribution is 2.49. The van der Waals surface area contributed by atoms with Gasteiger partial charge in [-0.3, -0.25) is 0 Å². The Labute approximate surface area is 555 Å².